The van der Waals surface area contributed by atoms with Gasteiger partial charge in [0.25, 0.3) is 11.5 Å². The number of benzene rings is 1. The summed E-state index contributed by atoms with van der Waals surface area (Å²) in [6, 6.07) is 8.95. The van der Waals surface area contributed by atoms with Crippen LogP contribution < -0.4 is 15.0 Å². The second kappa shape index (κ2) is 7.31. The van der Waals surface area contributed by atoms with Crippen LogP contribution in [0.5, 0.6) is 11.5 Å². The number of furan rings is 1. The van der Waals surface area contributed by atoms with Crippen LogP contribution in [0, 0.1) is 0 Å². The van der Waals surface area contributed by atoms with Gasteiger partial charge in [0.15, 0.2) is 17.3 Å². The molecule has 2 aromatic heterocycles. The standard InChI is InChI=1S/C22H22N2O5/c25-21-15(9-14-10-19-20(29-13-28-19)11-17(14)23-21)12-24(16-5-2-1-3-6-16)22(26)18-7-4-8-27-18/h4,7-11,16H,1-3,5-6,12-13H2,(H,23,25). The van der Waals surface area contributed by atoms with E-state index in [1.54, 1.807) is 23.1 Å². The number of carbonyl (C=O) groups excluding carboxylic acids is 1. The quantitative estimate of drug-likeness (QED) is 0.727. The molecule has 3 aromatic rings. The Bertz CT molecular complexity index is 1100. The summed E-state index contributed by atoms with van der Waals surface area (Å²) in [5.41, 5.74) is 1.02. The lowest BCUT2D eigenvalue weighted by atomic mass is 9.93. The summed E-state index contributed by atoms with van der Waals surface area (Å²) >= 11 is 0. The van der Waals surface area contributed by atoms with Crippen LogP contribution in [0.1, 0.15) is 48.2 Å². The molecule has 0 saturated heterocycles. The van der Waals surface area contributed by atoms with Crippen molar-refractivity contribution in [3.8, 4) is 11.5 Å². The Morgan fingerprint density at radius 2 is 1.90 bits per heavy atom. The van der Waals surface area contributed by atoms with Gasteiger partial charge in [-0.1, -0.05) is 19.3 Å². The van der Waals surface area contributed by atoms with Crippen molar-refractivity contribution in [2.75, 3.05) is 6.79 Å². The monoisotopic (exact) mass is 394 g/mol. The van der Waals surface area contributed by atoms with Gasteiger partial charge in [-0.25, -0.2) is 0 Å². The lowest BCUT2D eigenvalue weighted by Gasteiger charge is -2.33. The molecule has 0 unspecified atom stereocenters. The van der Waals surface area contributed by atoms with Gasteiger partial charge < -0.3 is 23.8 Å². The van der Waals surface area contributed by atoms with Crippen molar-refractivity contribution in [3.05, 3.63) is 58.3 Å². The fourth-order valence-electron chi connectivity index (χ4n) is 4.24. The zero-order valence-electron chi connectivity index (χ0n) is 16.0. The van der Waals surface area contributed by atoms with Crippen LogP contribution >= 0.6 is 0 Å². The van der Waals surface area contributed by atoms with Crippen molar-refractivity contribution in [2.45, 2.75) is 44.7 Å². The highest BCUT2D eigenvalue weighted by atomic mass is 16.7. The van der Waals surface area contributed by atoms with E-state index >= 15 is 0 Å². The van der Waals surface area contributed by atoms with E-state index < -0.39 is 0 Å². The van der Waals surface area contributed by atoms with E-state index in [4.69, 9.17) is 13.9 Å². The van der Waals surface area contributed by atoms with Crippen molar-refractivity contribution in [1.82, 2.24) is 9.88 Å². The molecule has 150 valence electrons. The molecule has 0 atom stereocenters. The molecule has 1 saturated carbocycles. The number of nitrogens with zero attached hydrogens (tertiary/aromatic N) is 1. The van der Waals surface area contributed by atoms with Gasteiger partial charge in [-0.05, 0) is 37.1 Å². The molecule has 1 N–H and O–H groups in total. The lowest BCUT2D eigenvalue weighted by molar-refractivity contribution is 0.0581. The molecule has 1 amide bonds. The first kappa shape index (κ1) is 17.8. The maximum Gasteiger partial charge on any atom is 0.290 e. The number of fused-ring (bicyclic) bond motifs is 2. The molecule has 7 heteroatoms. The minimum absolute atomic E-state index is 0.105. The molecule has 1 aliphatic carbocycles. The van der Waals surface area contributed by atoms with E-state index in [1.165, 1.54) is 12.7 Å². The number of aromatic nitrogens is 1. The third-order valence-electron chi connectivity index (χ3n) is 5.76. The largest absolute Gasteiger partial charge is 0.459 e. The highest BCUT2D eigenvalue weighted by Crippen LogP contribution is 2.35. The Hall–Kier alpha value is -3.22. The van der Waals surface area contributed by atoms with Crippen molar-refractivity contribution < 1.29 is 18.7 Å². The van der Waals surface area contributed by atoms with E-state index in [0.29, 0.717) is 28.3 Å². The molecule has 1 aromatic carbocycles. The Morgan fingerprint density at radius 3 is 2.66 bits per heavy atom. The predicted octanol–water partition coefficient (Wildman–Crippen LogP) is 3.82. The zero-order valence-corrected chi connectivity index (χ0v) is 16.0. The maximum atomic E-state index is 13.1. The fourth-order valence-corrected chi connectivity index (χ4v) is 4.24. The van der Waals surface area contributed by atoms with Gasteiger partial charge in [0, 0.05) is 23.1 Å². The Balaban J connectivity index is 1.51. The van der Waals surface area contributed by atoms with E-state index in [1.807, 2.05) is 12.1 Å². The molecule has 1 fully saturated rings. The third kappa shape index (κ3) is 3.37. The molecular formula is C22H22N2O5. The number of hydrogen-bond acceptors (Lipinski definition) is 5. The van der Waals surface area contributed by atoms with E-state index in [2.05, 4.69) is 4.98 Å². The van der Waals surface area contributed by atoms with Crippen molar-refractivity contribution in [1.29, 1.82) is 0 Å². The first-order chi connectivity index (χ1) is 14.2. The van der Waals surface area contributed by atoms with Gasteiger partial charge in [0.05, 0.1) is 18.3 Å². The normalized spacial score (nSPS) is 16.3. The van der Waals surface area contributed by atoms with Crippen molar-refractivity contribution in [2.24, 2.45) is 0 Å². The molecule has 29 heavy (non-hydrogen) atoms. The lowest BCUT2D eigenvalue weighted by Crippen LogP contribution is -2.42. The number of amides is 1. The van der Waals surface area contributed by atoms with Crippen LogP contribution in [0.3, 0.4) is 0 Å². The molecular weight excluding hydrogens is 372 g/mol. The summed E-state index contributed by atoms with van der Waals surface area (Å²) in [6.07, 6.45) is 6.74. The third-order valence-corrected chi connectivity index (χ3v) is 5.76. The number of nitrogens with one attached hydrogen (secondary N) is 1. The van der Waals surface area contributed by atoms with Gasteiger partial charge in [-0.3, -0.25) is 9.59 Å². The molecule has 0 bridgehead atoms. The second-order valence-electron chi connectivity index (χ2n) is 7.62. The number of carbonyl (C=O) groups is 1. The highest BCUT2D eigenvalue weighted by molar-refractivity contribution is 5.91. The zero-order chi connectivity index (χ0) is 19.8. The Morgan fingerprint density at radius 1 is 1.10 bits per heavy atom. The average Bonchev–Trinajstić information content (AvgIpc) is 3.42. The second-order valence-corrected chi connectivity index (χ2v) is 7.62. The number of pyridine rings is 1. The van der Waals surface area contributed by atoms with E-state index in [-0.39, 0.29) is 30.8 Å². The van der Waals surface area contributed by atoms with Gasteiger partial charge in [-0.2, -0.15) is 0 Å². The summed E-state index contributed by atoms with van der Waals surface area (Å²) in [6.45, 7) is 0.416. The average molecular weight is 394 g/mol. The number of H-pyrrole nitrogens is 1. The van der Waals surface area contributed by atoms with Crippen molar-refractivity contribution in [3.63, 3.8) is 0 Å². The summed E-state index contributed by atoms with van der Waals surface area (Å²) in [5.74, 6) is 1.41. The molecule has 0 spiro atoms. The fraction of sp³-hybridized carbons (Fsp3) is 0.364. The Kier molecular flexibility index (Phi) is 4.50. The van der Waals surface area contributed by atoms with Crippen LogP contribution in [0.25, 0.3) is 10.9 Å². The molecule has 7 nitrogen and oxygen atoms in total. The van der Waals surface area contributed by atoms with Gasteiger partial charge in [0.1, 0.15) is 0 Å². The summed E-state index contributed by atoms with van der Waals surface area (Å²) in [7, 11) is 0. The number of aromatic amines is 1. The molecule has 3 heterocycles. The molecule has 1 aliphatic heterocycles. The highest BCUT2D eigenvalue weighted by Gasteiger charge is 2.28. The van der Waals surface area contributed by atoms with Crippen LogP contribution in [0.15, 0.2) is 45.8 Å². The topological polar surface area (TPSA) is 84.8 Å². The molecule has 0 radical (unpaired) electrons. The maximum absolute atomic E-state index is 13.1. The first-order valence-electron chi connectivity index (χ1n) is 9.99. The van der Waals surface area contributed by atoms with Crippen LogP contribution in [0.4, 0.5) is 0 Å². The minimum atomic E-state index is -0.204. The Labute approximate surface area is 167 Å². The summed E-state index contributed by atoms with van der Waals surface area (Å²) < 4.78 is 16.2. The van der Waals surface area contributed by atoms with Gasteiger partial charge in [-0.15, -0.1) is 0 Å². The number of ether oxygens (including phenoxy) is 2. The van der Waals surface area contributed by atoms with Crippen LogP contribution in [0.2, 0.25) is 0 Å². The van der Waals surface area contributed by atoms with E-state index in [9.17, 15) is 9.59 Å². The summed E-state index contributed by atoms with van der Waals surface area (Å²) in [4.78, 5) is 30.6. The summed E-state index contributed by atoms with van der Waals surface area (Å²) in [5, 5.41) is 0.845. The van der Waals surface area contributed by atoms with Crippen LogP contribution in [-0.2, 0) is 6.54 Å². The first-order valence-corrected chi connectivity index (χ1v) is 9.99. The van der Waals surface area contributed by atoms with Gasteiger partial charge in [0.2, 0.25) is 6.79 Å². The molecule has 5 rings (SSSR count). The predicted molar refractivity (Wildman–Crippen MR) is 106 cm³/mol. The SMILES string of the molecule is O=C(c1ccco1)N(Cc1cc2cc3c(cc2[nH]c1=O)OCO3)C1CCCCC1. The number of hydrogen-bond donors (Lipinski definition) is 1. The number of rotatable bonds is 4. The van der Waals surface area contributed by atoms with Crippen LogP contribution in [-0.4, -0.2) is 28.6 Å². The van der Waals surface area contributed by atoms with E-state index in [0.717, 1.165) is 31.1 Å². The van der Waals surface area contributed by atoms with Gasteiger partial charge >= 0.3 is 0 Å². The minimum Gasteiger partial charge on any atom is -0.459 e. The smallest absolute Gasteiger partial charge is 0.290 e. The van der Waals surface area contributed by atoms with Crippen molar-refractivity contribution >= 4 is 16.8 Å². The molecule has 2 aliphatic rings.